The van der Waals surface area contributed by atoms with Gasteiger partial charge in [-0.15, -0.1) is 0 Å². The first kappa shape index (κ1) is 14.1. The second-order valence-electron chi connectivity index (χ2n) is 5.42. The third kappa shape index (κ3) is 3.10. The van der Waals surface area contributed by atoms with Crippen LogP contribution in [0, 0.1) is 0 Å². The molecule has 4 heteroatoms. The second-order valence-corrected chi connectivity index (χ2v) is 6.34. The molecule has 108 valence electrons. The molecule has 1 heterocycles. The van der Waals surface area contributed by atoms with Crippen LogP contribution in [0.25, 0.3) is 0 Å². The van der Waals surface area contributed by atoms with Crippen molar-refractivity contribution in [1.29, 1.82) is 0 Å². The molecule has 1 amide bonds. The number of benzene rings is 2. The maximum atomic E-state index is 12.6. The zero-order valence-corrected chi connectivity index (χ0v) is 13.2. The lowest BCUT2D eigenvalue weighted by Crippen LogP contribution is -2.28. The minimum atomic E-state index is 0.0569. The number of nitrogens with zero attached hydrogens (tertiary/aromatic N) is 1. The first-order valence-corrected chi connectivity index (χ1v) is 7.83. The molecule has 0 radical (unpaired) electrons. The molecule has 0 spiro atoms. The minimum Gasteiger partial charge on any atom is -0.399 e. The van der Waals surface area contributed by atoms with E-state index in [1.807, 2.05) is 17.0 Å². The average molecular weight is 345 g/mol. The molecule has 0 saturated carbocycles. The number of amides is 1. The highest BCUT2D eigenvalue weighted by molar-refractivity contribution is 9.10. The third-order valence-corrected chi connectivity index (χ3v) is 4.37. The van der Waals surface area contributed by atoms with Crippen LogP contribution in [0.3, 0.4) is 0 Å². The van der Waals surface area contributed by atoms with Crippen LogP contribution in [0.1, 0.15) is 28.3 Å². The highest BCUT2D eigenvalue weighted by Gasteiger charge is 2.28. The van der Waals surface area contributed by atoms with Crippen molar-refractivity contribution in [2.45, 2.75) is 12.3 Å². The van der Waals surface area contributed by atoms with Crippen molar-refractivity contribution >= 4 is 27.5 Å². The predicted octanol–water partition coefficient (Wildman–Crippen LogP) is 3.66. The lowest BCUT2D eigenvalue weighted by molar-refractivity contribution is 0.0791. The smallest absolute Gasteiger partial charge is 0.253 e. The minimum absolute atomic E-state index is 0.0569. The van der Waals surface area contributed by atoms with Crippen LogP contribution in [0.5, 0.6) is 0 Å². The number of carbonyl (C=O) groups is 1. The Balaban J connectivity index is 1.75. The number of halogens is 1. The molecule has 21 heavy (non-hydrogen) atoms. The average Bonchev–Trinajstić information content (AvgIpc) is 2.96. The van der Waals surface area contributed by atoms with Gasteiger partial charge in [0.1, 0.15) is 0 Å². The van der Waals surface area contributed by atoms with Crippen molar-refractivity contribution in [3.05, 3.63) is 64.1 Å². The Bertz CT molecular complexity index is 637. The van der Waals surface area contributed by atoms with Crippen LogP contribution >= 0.6 is 15.9 Å². The van der Waals surface area contributed by atoms with E-state index in [0.717, 1.165) is 24.0 Å². The van der Waals surface area contributed by atoms with E-state index in [2.05, 4.69) is 40.2 Å². The molecule has 0 bridgehead atoms. The number of hydrogen-bond acceptors (Lipinski definition) is 2. The van der Waals surface area contributed by atoms with Gasteiger partial charge < -0.3 is 10.6 Å². The summed E-state index contributed by atoms with van der Waals surface area (Å²) in [7, 11) is 0. The van der Waals surface area contributed by atoms with Gasteiger partial charge in [0.05, 0.1) is 0 Å². The van der Waals surface area contributed by atoms with Crippen molar-refractivity contribution < 1.29 is 4.79 Å². The summed E-state index contributed by atoms with van der Waals surface area (Å²) in [5.41, 5.74) is 8.37. The first-order chi connectivity index (χ1) is 10.1. The van der Waals surface area contributed by atoms with E-state index in [0.29, 0.717) is 17.2 Å². The summed E-state index contributed by atoms with van der Waals surface area (Å²) in [5, 5.41) is 0. The Labute approximate surface area is 132 Å². The molecular formula is C17H17BrN2O. The highest BCUT2D eigenvalue weighted by Crippen LogP contribution is 2.28. The summed E-state index contributed by atoms with van der Waals surface area (Å²) in [6.07, 6.45) is 1.01. The van der Waals surface area contributed by atoms with E-state index in [-0.39, 0.29) is 5.91 Å². The number of nitrogen functional groups attached to an aromatic ring is 1. The van der Waals surface area contributed by atoms with Gasteiger partial charge in [-0.25, -0.2) is 0 Å². The lowest BCUT2D eigenvalue weighted by atomic mass is 9.99. The number of hydrogen-bond donors (Lipinski definition) is 1. The number of likely N-dealkylation sites (tertiary alicyclic amines) is 1. The molecular weight excluding hydrogens is 328 g/mol. The summed E-state index contributed by atoms with van der Waals surface area (Å²) < 4.78 is 0.838. The Kier molecular flexibility index (Phi) is 3.97. The molecule has 2 aromatic rings. The number of rotatable bonds is 2. The van der Waals surface area contributed by atoms with Crippen molar-refractivity contribution in [1.82, 2.24) is 4.90 Å². The monoisotopic (exact) mass is 344 g/mol. The molecule has 0 aromatic heterocycles. The number of anilines is 1. The van der Waals surface area contributed by atoms with E-state index in [4.69, 9.17) is 5.73 Å². The molecule has 2 aromatic carbocycles. The van der Waals surface area contributed by atoms with E-state index in [1.165, 1.54) is 5.56 Å². The summed E-state index contributed by atoms with van der Waals surface area (Å²) >= 11 is 3.39. The Hall–Kier alpha value is -1.81. The summed E-state index contributed by atoms with van der Waals surface area (Å²) in [6.45, 7) is 1.57. The zero-order valence-electron chi connectivity index (χ0n) is 11.6. The van der Waals surface area contributed by atoms with Crippen LogP contribution in [-0.2, 0) is 0 Å². The van der Waals surface area contributed by atoms with E-state index in [9.17, 15) is 4.79 Å². The van der Waals surface area contributed by atoms with Gasteiger partial charge in [-0.1, -0.05) is 46.3 Å². The van der Waals surface area contributed by atoms with Crippen molar-refractivity contribution in [2.24, 2.45) is 0 Å². The quantitative estimate of drug-likeness (QED) is 0.845. The SMILES string of the molecule is Nc1cc(Br)cc(C(=O)N2CCC(c3ccccc3)C2)c1. The molecule has 1 unspecified atom stereocenters. The van der Waals surface area contributed by atoms with Crippen molar-refractivity contribution in [2.75, 3.05) is 18.8 Å². The van der Waals surface area contributed by atoms with Gasteiger partial charge in [-0.05, 0) is 30.2 Å². The Morgan fingerprint density at radius 2 is 1.95 bits per heavy atom. The fraction of sp³-hybridized carbons (Fsp3) is 0.235. The fourth-order valence-electron chi connectivity index (χ4n) is 2.86. The molecule has 1 saturated heterocycles. The van der Waals surface area contributed by atoms with Gasteiger partial charge in [-0.2, -0.15) is 0 Å². The number of carbonyl (C=O) groups excluding carboxylic acids is 1. The highest BCUT2D eigenvalue weighted by atomic mass is 79.9. The van der Waals surface area contributed by atoms with Crippen LogP contribution in [0.4, 0.5) is 5.69 Å². The van der Waals surface area contributed by atoms with Crippen molar-refractivity contribution in [3.63, 3.8) is 0 Å². The first-order valence-electron chi connectivity index (χ1n) is 7.04. The standard InChI is InChI=1S/C17H17BrN2O/c18-15-8-14(9-16(19)10-15)17(21)20-7-6-13(11-20)12-4-2-1-3-5-12/h1-5,8-10,13H,6-7,11,19H2. The maximum Gasteiger partial charge on any atom is 0.253 e. The van der Waals surface area contributed by atoms with E-state index >= 15 is 0 Å². The Morgan fingerprint density at radius 1 is 1.19 bits per heavy atom. The molecule has 1 atom stereocenters. The summed E-state index contributed by atoms with van der Waals surface area (Å²) in [4.78, 5) is 14.5. The predicted molar refractivity (Wildman–Crippen MR) is 88.3 cm³/mol. The topological polar surface area (TPSA) is 46.3 Å². The Morgan fingerprint density at radius 3 is 2.67 bits per heavy atom. The van der Waals surface area contributed by atoms with E-state index < -0.39 is 0 Å². The van der Waals surface area contributed by atoms with E-state index in [1.54, 1.807) is 12.1 Å². The van der Waals surface area contributed by atoms with Crippen molar-refractivity contribution in [3.8, 4) is 0 Å². The zero-order chi connectivity index (χ0) is 14.8. The molecule has 1 aliphatic heterocycles. The molecule has 0 aliphatic carbocycles. The fourth-order valence-corrected chi connectivity index (χ4v) is 3.37. The summed E-state index contributed by atoms with van der Waals surface area (Å²) in [5.74, 6) is 0.487. The van der Waals surface area contributed by atoms with Gasteiger partial charge in [-0.3, -0.25) is 4.79 Å². The van der Waals surface area contributed by atoms with Crippen LogP contribution in [0.15, 0.2) is 53.0 Å². The van der Waals surface area contributed by atoms with Gasteiger partial charge in [0.25, 0.3) is 5.91 Å². The van der Waals surface area contributed by atoms with Gasteiger partial charge in [0, 0.05) is 34.7 Å². The molecule has 3 nitrogen and oxygen atoms in total. The second kappa shape index (κ2) is 5.90. The maximum absolute atomic E-state index is 12.6. The number of nitrogens with two attached hydrogens (primary N) is 1. The normalized spacial score (nSPS) is 18.0. The van der Waals surface area contributed by atoms with Crippen LogP contribution in [-0.4, -0.2) is 23.9 Å². The van der Waals surface area contributed by atoms with Gasteiger partial charge >= 0.3 is 0 Å². The van der Waals surface area contributed by atoms with Gasteiger partial charge in [0.2, 0.25) is 0 Å². The largest absolute Gasteiger partial charge is 0.399 e. The summed E-state index contributed by atoms with van der Waals surface area (Å²) in [6, 6.07) is 15.8. The lowest BCUT2D eigenvalue weighted by Gasteiger charge is -2.17. The van der Waals surface area contributed by atoms with Gasteiger partial charge in [0.15, 0.2) is 0 Å². The third-order valence-electron chi connectivity index (χ3n) is 3.91. The molecule has 2 N–H and O–H groups in total. The molecule has 3 rings (SSSR count). The molecule has 1 fully saturated rings. The molecule has 1 aliphatic rings. The van der Waals surface area contributed by atoms with Crippen LogP contribution in [0.2, 0.25) is 0 Å². The van der Waals surface area contributed by atoms with Crippen LogP contribution < -0.4 is 5.73 Å².